The number of nitrogens with one attached hydrogen (secondary N) is 2. The SMILES string of the molecule is COc1cccc(NC(=O)c2ccc(Cl)c(S(=O)(=O)Nc3ccc(C)cc3)c2)c1. The van der Waals surface area contributed by atoms with Crippen LogP contribution in [0.15, 0.2) is 71.6 Å². The van der Waals surface area contributed by atoms with Gasteiger partial charge in [-0.2, -0.15) is 0 Å². The van der Waals surface area contributed by atoms with Gasteiger partial charge < -0.3 is 10.1 Å². The van der Waals surface area contributed by atoms with Crippen molar-refractivity contribution in [2.45, 2.75) is 11.8 Å². The molecule has 150 valence electrons. The molecule has 0 aromatic heterocycles. The fourth-order valence-electron chi connectivity index (χ4n) is 2.59. The van der Waals surface area contributed by atoms with Crippen molar-refractivity contribution in [2.75, 3.05) is 17.1 Å². The Bertz CT molecular complexity index is 1150. The molecule has 0 heterocycles. The summed E-state index contributed by atoms with van der Waals surface area (Å²) in [6, 6.07) is 17.8. The summed E-state index contributed by atoms with van der Waals surface area (Å²) in [5, 5.41) is 2.73. The lowest BCUT2D eigenvalue weighted by molar-refractivity contribution is 0.102. The van der Waals surface area contributed by atoms with E-state index in [4.69, 9.17) is 16.3 Å². The molecular weight excluding hydrogens is 412 g/mol. The van der Waals surface area contributed by atoms with Crippen LogP contribution in [-0.4, -0.2) is 21.4 Å². The molecule has 1 amide bonds. The van der Waals surface area contributed by atoms with Crippen LogP contribution in [0.1, 0.15) is 15.9 Å². The van der Waals surface area contributed by atoms with Crippen LogP contribution in [0.3, 0.4) is 0 Å². The Morgan fingerprint density at radius 1 is 0.966 bits per heavy atom. The van der Waals surface area contributed by atoms with Crippen LogP contribution in [0.2, 0.25) is 5.02 Å². The molecule has 29 heavy (non-hydrogen) atoms. The summed E-state index contributed by atoms with van der Waals surface area (Å²) in [4.78, 5) is 12.4. The molecular formula is C21H19ClN2O4S. The van der Waals surface area contributed by atoms with E-state index in [2.05, 4.69) is 10.0 Å². The van der Waals surface area contributed by atoms with Gasteiger partial charge in [0.2, 0.25) is 0 Å². The fraction of sp³-hybridized carbons (Fsp3) is 0.0952. The molecule has 0 fully saturated rings. The van der Waals surface area contributed by atoms with Gasteiger partial charge in [0, 0.05) is 23.0 Å². The third kappa shape index (κ3) is 5.07. The third-order valence-electron chi connectivity index (χ3n) is 4.11. The Balaban J connectivity index is 1.86. The monoisotopic (exact) mass is 430 g/mol. The molecule has 3 aromatic carbocycles. The van der Waals surface area contributed by atoms with Crippen LogP contribution in [0, 0.1) is 6.92 Å². The van der Waals surface area contributed by atoms with Gasteiger partial charge in [0.15, 0.2) is 0 Å². The minimum Gasteiger partial charge on any atom is -0.497 e. The predicted molar refractivity (Wildman–Crippen MR) is 114 cm³/mol. The standard InChI is InChI=1S/C21H19ClN2O4S/c1-14-6-9-16(10-7-14)24-29(26,27)20-12-15(8-11-19(20)22)21(25)23-17-4-3-5-18(13-17)28-2/h3-13,24H,1-2H3,(H,23,25). The first-order valence-corrected chi connectivity index (χ1v) is 10.5. The molecule has 0 radical (unpaired) electrons. The van der Waals surface area contributed by atoms with Crippen molar-refractivity contribution in [3.05, 3.63) is 82.9 Å². The average molecular weight is 431 g/mol. The molecule has 2 N–H and O–H groups in total. The molecule has 0 saturated carbocycles. The minimum atomic E-state index is -3.98. The second-order valence-electron chi connectivity index (χ2n) is 6.30. The van der Waals surface area contributed by atoms with Gasteiger partial charge in [-0.3, -0.25) is 9.52 Å². The molecule has 3 rings (SSSR count). The Hall–Kier alpha value is -3.03. The zero-order valence-corrected chi connectivity index (χ0v) is 17.3. The van der Waals surface area contributed by atoms with Crippen molar-refractivity contribution in [3.63, 3.8) is 0 Å². The number of hydrogen-bond donors (Lipinski definition) is 2. The van der Waals surface area contributed by atoms with Crippen LogP contribution in [0.4, 0.5) is 11.4 Å². The van der Waals surface area contributed by atoms with Gasteiger partial charge in [-0.25, -0.2) is 8.42 Å². The van der Waals surface area contributed by atoms with Crippen LogP contribution in [-0.2, 0) is 10.0 Å². The van der Waals surface area contributed by atoms with Gasteiger partial charge in [-0.05, 0) is 49.4 Å². The largest absolute Gasteiger partial charge is 0.497 e. The smallest absolute Gasteiger partial charge is 0.263 e. The van der Waals surface area contributed by atoms with E-state index >= 15 is 0 Å². The number of amides is 1. The van der Waals surface area contributed by atoms with Crippen LogP contribution in [0.25, 0.3) is 0 Å². The molecule has 8 heteroatoms. The topological polar surface area (TPSA) is 84.5 Å². The number of carbonyl (C=O) groups excluding carboxylic acids is 1. The van der Waals surface area contributed by atoms with E-state index in [0.717, 1.165) is 5.56 Å². The maximum absolute atomic E-state index is 12.8. The zero-order chi connectivity index (χ0) is 21.0. The summed E-state index contributed by atoms with van der Waals surface area (Å²) in [6.07, 6.45) is 0. The molecule has 0 aliphatic heterocycles. The van der Waals surface area contributed by atoms with Crippen molar-refractivity contribution in [2.24, 2.45) is 0 Å². The van der Waals surface area contributed by atoms with E-state index in [-0.39, 0.29) is 15.5 Å². The zero-order valence-electron chi connectivity index (χ0n) is 15.8. The number of halogens is 1. The molecule has 0 unspecified atom stereocenters. The Morgan fingerprint density at radius 2 is 1.69 bits per heavy atom. The van der Waals surface area contributed by atoms with Crippen molar-refractivity contribution in [1.29, 1.82) is 0 Å². The van der Waals surface area contributed by atoms with E-state index in [9.17, 15) is 13.2 Å². The first-order valence-electron chi connectivity index (χ1n) is 8.63. The van der Waals surface area contributed by atoms with Crippen molar-refractivity contribution in [3.8, 4) is 5.75 Å². The predicted octanol–water partition coefficient (Wildman–Crippen LogP) is 4.71. The highest BCUT2D eigenvalue weighted by molar-refractivity contribution is 7.92. The summed E-state index contributed by atoms with van der Waals surface area (Å²) in [5.41, 5.74) is 2.08. The average Bonchev–Trinajstić information content (AvgIpc) is 2.70. The number of ether oxygens (including phenoxy) is 1. The quantitative estimate of drug-likeness (QED) is 0.593. The van der Waals surface area contributed by atoms with E-state index in [1.165, 1.54) is 25.3 Å². The lowest BCUT2D eigenvalue weighted by atomic mass is 10.2. The molecule has 6 nitrogen and oxygen atoms in total. The summed E-state index contributed by atoms with van der Waals surface area (Å²) < 4.78 is 33.2. The number of benzene rings is 3. The van der Waals surface area contributed by atoms with Crippen LogP contribution >= 0.6 is 11.6 Å². The first-order chi connectivity index (χ1) is 13.8. The van der Waals surface area contributed by atoms with Gasteiger partial charge in [0.1, 0.15) is 10.6 Å². The van der Waals surface area contributed by atoms with Crippen LogP contribution in [0.5, 0.6) is 5.75 Å². The van der Waals surface area contributed by atoms with Gasteiger partial charge in [0.25, 0.3) is 15.9 Å². The molecule has 0 saturated heterocycles. The van der Waals surface area contributed by atoms with Crippen molar-refractivity contribution < 1.29 is 17.9 Å². The number of aryl methyl sites for hydroxylation is 1. The third-order valence-corrected chi connectivity index (χ3v) is 5.98. The van der Waals surface area contributed by atoms with E-state index in [1.54, 1.807) is 48.5 Å². The highest BCUT2D eigenvalue weighted by atomic mass is 35.5. The van der Waals surface area contributed by atoms with Gasteiger partial charge >= 0.3 is 0 Å². The number of anilines is 2. The number of methoxy groups -OCH3 is 1. The molecule has 0 aliphatic carbocycles. The van der Waals surface area contributed by atoms with Crippen molar-refractivity contribution >= 4 is 38.9 Å². The fourth-order valence-corrected chi connectivity index (χ4v) is 4.17. The number of hydrogen-bond acceptors (Lipinski definition) is 4. The summed E-state index contributed by atoms with van der Waals surface area (Å²) in [5.74, 6) is 0.117. The Morgan fingerprint density at radius 3 is 2.38 bits per heavy atom. The summed E-state index contributed by atoms with van der Waals surface area (Å²) in [7, 11) is -2.45. The van der Waals surface area contributed by atoms with E-state index in [0.29, 0.717) is 17.1 Å². The lowest BCUT2D eigenvalue weighted by Gasteiger charge is -2.12. The minimum absolute atomic E-state index is 0.0162. The van der Waals surface area contributed by atoms with E-state index in [1.807, 2.05) is 6.92 Å². The summed E-state index contributed by atoms with van der Waals surface area (Å²) in [6.45, 7) is 1.90. The second kappa shape index (κ2) is 8.55. The summed E-state index contributed by atoms with van der Waals surface area (Å²) >= 11 is 6.11. The first kappa shape index (κ1) is 20.7. The molecule has 3 aromatic rings. The van der Waals surface area contributed by atoms with E-state index < -0.39 is 15.9 Å². The number of sulfonamides is 1. The molecule has 0 bridgehead atoms. The number of rotatable bonds is 6. The highest BCUT2D eigenvalue weighted by Crippen LogP contribution is 2.26. The lowest BCUT2D eigenvalue weighted by Crippen LogP contribution is -2.16. The second-order valence-corrected chi connectivity index (χ2v) is 8.36. The Kier molecular flexibility index (Phi) is 6.10. The van der Waals surface area contributed by atoms with Gasteiger partial charge in [-0.15, -0.1) is 0 Å². The van der Waals surface area contributed by atoms with Gasteiger partial charge in [-0.1, -0.05) is 35.4 Å². The highest BCUT2D eigenvalue weighted by Gasteiger charge is 2.20. The maximum Gasteiger partial charge on any atom is 0.263 e. The maximum atomic E-state index is 12.8. The van der Waals surface area contributed by atoms with Gasteiger partial charge in [0.05, 0.1) is 12.1 Å². The molecule has 0 spiro atoms. The van der Waals surface area contributed by atoms with Crippen LogP contribution < -0.4 is 14.8 Å². The number of carbonyl (C=O) groups is 1. The Labute approximate surface area is 174 Å². The normalized spacial score (nSPS) is 11.0. The molecule has 0 atom stereocenters. The van der Waals surface area contributed by atoms with Crippen molar-refractivity contribution in [1.82, 2.24) is 0 Å². The molecule has 0 aliphatic rings.